The Kier molecular flexibility index (Phi) is 5.58. The zero-order valence-electron chi connectivity index (χ0n) is 13.8. The number of aromatic nitrogens is 4. The van der Waals surface area contributed by atoms with Crippen LogP contribution in [0.3, 0.4) is 0 Å². The number of hydrogen-bond acceptors (Lipinski definition) is 6. The standard InChI is InChI=1S/C16H19N5O2.ClH/c1-10-15(11(2)21(3)19-10)22-9-14-18-16(20-23-14)13-6-4-12(8-17)5-7-13;/h4-7H,8-9,17H2,1-3H3;1H. The number of nitrogens with zero attached hydrogens (tertiary/aromatic N) is 4. The van der Waals surface area contributed by atoms with Gasteiger partial charge in [0.2, 0.25) is 5.82 Å². The first-order valence-electron chi connectivity index (χ1n) is 7.33. The van der Waals surface area contributed by atoms with Crippen molar-refractivity contribution in [2.45, 2.75) is 27.0 Å². The fraction of sp³-hybridized carbons (Fsp3) is 0.312. The Bertz CT molecular complexity index is 810. The van der Waals surface area contributed by atoms with Crippen LogP contribution in [0.4, 0.5) is 0 Å². The summed E-state index contributed by atoms with van der Waals surface area (Å²) in [4.78, 5) is 4.36. The van der Waals surface area contributed by atoms with Gasteiger partial charge in [-0.1, -0.05) is 29.4 Å². The summed E-state index contributed by atoms with van der Waals surface area (Å²) in [5.74, 6) is 1.71. The van der Waals surface area contributed by atoms with Crippen molar-refractivity contribution in [3.05, 3.63) is 47.1 Å². The molecule has 0 aliphatic heterocycles. The van der Waals surface area contributed by atoms with Crippen molar-refractivity contribution in [2.75, 3.05) is 0 Å². The number of nitrogens with two attached hydrogens (primary N) is 1. The first-order valence-corrected chi connectivity index (χ1v) is 7.33. The smallest absolute Gasteiger partial charge is 0.264 e. The highest BCUT2D eigenvalue weighted by Gasteiger charge is 2.14. The molecule has 8 heteroatoms. The second kappa shape index (κ2) is 7.46. The maximum absolute atomic E-state index is 5.76. The van der Waals surface area contributed by atoms with Crippen molar-refractivity contribution in [1.82, 2.24) is 19.9 Å². The normalized spacial score (nSPS) is 10.5. The van der Waals surface area contributed by atoms with Gasteiger partial charge >= 0.3 is 0 Å². The molecule has 0 radical (unpaired) electrons. The van der Waals surface area contributed by atoms with Crippen LogP contribution in [-0.2, 0) is 20.2 Å². The third-order valence-corrected chi connectivity index (χ3v) is 3.70. The molecule has 7 nitrogen and oxygen atoms in total. The Balaban J connectivity index is 0.00000208. The molecule has 0 bridgehead atoms. The van der Waals surface area contributed by atoms with E-state index in [0.717, 1.165) is 28.3 Å². The zero-order chi connectivity index (χ0) is 16.4. The molecular weight excluding hydrogens is 330 g/mol. The maximum atomic E-state index is 5.76. The largest absolute Gasteiger partial charge is 0.480 e. The number of halogens is 1. The first-order chi connectivity index (χ1) is 11.1. The molecule has 0 aliphatic rings. The van der Waals surface area contributed by atoms with Crippen LogP contribution in [0.5, 0.6) is 5.75 Å². The third-order valence-electron chi connectivity index (χ3n) is 3.70. The molecule has 0 atom stereocenters. The highest BCUT2D eigenvalue weighted by molar-refractivity contribution is 5.85. The lowest BCUT2D eigenvalue weighted by Crippen LogP contribution is -1.98. The quantitative estimate of drug-likeness (QED) is 0.761. The Morgan fingerprint density at radius 2 is 1.92 bits per heavy atom. The number of hydrogen-bond donors (Lipinski definition) is 1. The minimum atomic E-state index is 0. The summed E-state index contributed by atoms with van der Waals surface area (Å²) in [5.41, 5.74) is 9.32. The molecule has 0 saturated heterocycles. The van der Waals surface area contributed by atoms with Gasteiger partial charge in [-0.05, 0) is 19.4 Å². The van der Waals surface area contributed by atoms with Gasteiger partial charge in [0.25, 0.3) is 5.89 Å². The van der Waals surface area contributed by atoms with E-state index >= 15 is 0 Å². The second-order valence-electron chi connectivity index (χ2n) is 5.32. The summed E-state index contributed by atoms with van der Waals surface area (Å²) in [6.07, 6.45) is 0. The Morgan fingerprint density at radius 3 is 2.50 bits per heavy atom. The van der Waals surface area contributed by atoms with E-state index < -0.39 is 0 Å². The SMILES string of the molecule is Cc1nn(C)c(C)c1OCc1nc(-c2ccc(CN)cc2)no1.Cl. The number of benzene rings is 1. The molecule has 128 valence electrons. The molecule has 0 spiro atoms. The maximum Gasteiger partial charge on any atom is 0.264 e. The summed E-state index contributed by atoms with van der Waals surface area (Å²) in [6, 6.07) is 7.74. The van der Waals surface area contributed by atoms with Crippen molar-refractivity contribution < 1.29 is 9.26 Å². The average molecular weight is 350 g/mol. The van der Waals surface area contributed by atoms with Crippen LogP contribution in [0.2, 0.25) is 0 Å². The number of ether oxygens (including phenoxy) is 1. The molecule has 2 heterocycles. The van der Waals surface area contributed by atoms with E-state index in [1.165, 1.54) is 0 Å². The predicted molar refractivity (Wildman–Crippen MR) is 91.9 cm³/mol. The zero-order valence-corrected chi connectivity index (χ0v) is 14.6. The van der Waals surface area contributed by atoms with Crippen LogP contribution < -0.4 is 10.5 Å². The minimum absolute atomic E-state index is 0. The van der Waals surface area contributed by atoms with E-state index in [0.29, 0.717) is 18.3 Å². The van der Waals surface area contributed by atoms with E-state index in [1.54, 1.807) is 4.68 Å². The van der Waals surface area contributed by atoms with Gasteiger partial charge in [0.15, 0.2) is 12.4 Å². The fourth-order valence-electron chi connectivity index (χ4n) is 2.32. The summed E-state index contributed by atoms with van der Waals surface area (Å²) in [6.45, 7) is 4.57. The van der Waals surface area contributed by atoms with Gasteiger partial charge in [-0.15, -0.1) is 12.4 Å². The predicted octanol–water partition coefficient (Wildman–Crippen LogP) is 2.55. The summed E-state index contributed by atoms with van der Waals surface area (Å²) in [7, 11) is 1.88. The van der Waals surface area contributed by atoms with Crippen LogP contribution in [0.1, 0.15) is 22.8 Å². The molecule has 1 aromatic carbocycles. The molecular formula is C16H20ClN5O2. The topological polar surface area (TPSA) is 92.0 Å². The Morgan fingerprint density at radius 1 is 1.21 bits per heavy atom. The van der Waals surface area contributed by atoms with E-state index in [-0.39, 0.29) is 19.0 Å². The Labute approximate surface area is 146 Å². The molecule has 0 fully saturated rings. The van der Waals surface area contributed by atoms with Crippen molar-refractivity contribution in [2.24, 2.45) is 12.8 Å². The van der Waals surface area contributed by atoms with Gasteiger partial charge in [-0.25, -0.2) is 0 Å². The van der Waals surface area contributed by atoms with Crippen LogP contribution >= 0.6 is 12.4 Å². The lowest BCUT2D eigenvalue weighted by Gasteiger charge is -2.02. The molecule has 0 saturated carbocycles. The lowest BCUT2D eigenvalue weighted by molar-refractivity contribution is 0.240. The van der Waals surface area contributed by atoms with Crippen molar-refractivity contribution >= 4 is 12.4 Å². The highest BCUT2D eigenvalue weighted by atomic mass is 35.5. The van der Waals surface area contributed by atoms with Gasteiger partial charge < -0.3 is 15.0 Å². The molecule has 3 rings (SSSR count). The molecule has 24 heavy (non-hydrogen) atoms. The van der Waals surface area contributed by atoms with Crippen LogP contribution in [-0.4, -0.2) is 19.9 Å². The minimum Gasteiger partial charge on any atom is -0.480 e. The van der Waals surface area contributed by atoms with Gasteiger partial charge in [-0.3, -0.25) is 4.68 Å². The van der Waals surface area contributed by atoms with Crippen molar-refractivity contribution in [3.63, 3.8) is 0 Å². The van der Waals surface area contributed by atoms with Gasteiger partial charge in [0.05, 0.1) is 5.69 Å². The molecule has 2 aromatic heterocycles. The van der Waals surface area contributed by atoms with Crippen LogP contribution in [0.25, 0.3) is 11.4 Å². The highest BCUT2D eigenvalue weighted by Crippen LogP contribution is 2.23. The van der Waals surface area contributed by atoms with E-state index in [2.05, 4.69) is 15.2 Å². The van der Waals surface area contributed by atoms with Crippen LogP contribution in [0.15, 0.2) is 28.8 Å². The van der Waals surface area contributed by atoms with Crippen molar-refractivity contribution in [1.29, 1.82) is 0 Å². The van der Waals surface area contributed by atoms with Gasteiger partial charge in [-0.2, -0.15) is 10.1 Å². The fourth-order valence-corrected chi connectivity index (χ4v) is 2.32. The number of aryl methyl sites for hydroxylation is 2. The van der Waals surface area contributed by atoms with E-state index in [4.69, 9.17) is 15.0 Å². The first kappa shape index (κ1) is 18.0. The third kappa shape index (κ3) is 3.58. The van der Waals surface area contributed by atoms with Crippen LogP contribution in [0, 0.1) is 13.8 Å². The average Bonchev–Trinajstić information content (AvgIpc) is 3.12. The van der Waals surface area contributed by atoms with Crippen molar-refractivity contribution in [3.8, 4) is 17.1 Å². The number of rotatable bonds is 5. The monoisotopic (exact) mass is 349 g/mol. The summed E-state index contributed by atoms with van der Waals surface area (Å²) in [5, 5.41) is 8.29. The van der Waals surface area contributed by atoms with E-state index in [1.807, 2.05) is 45.2 Å². The molecule has 2 N–H and O–H groups in total. The van der Waals surface area contributed by atoms with Gasteiger partial charge in [0.1, 0.15) is 5.69 Å². The lowest BCUT2D eigenvalue weighted by atomic mass is 10.1. The molecule has 0 amide bonds. The second-order valence-corrected chi connectivity index (χ2v) is 5.32. The molecule has 3 aromatic rings. The molecule has 0 unspecified atom stereocenters. The molecule has 0 aliphatic carbocycles. The summed E-state index contributed by atoms with van der Waals surface area (Å²) >= 11 is 0. The van der Waals surface area contributed by atoms with E-state index in [9.17, 15) is 0 Å². The Hall–Kier alpha value is -2.38. The summed E-state index contributed by atoms with van der Waals surface area (Å²) < 4.78 is 12.8. The van der Waals surface area contributed by atoms with Gasteiger partial charge in [0, 0.05) is 19.2 Å².